The number of methoxy groups -OCH3 is 1. The van der Waals surface area contributed by atoms with Crippen molar-refractivity contribution in [3.8, 4) is 0 Å². The molecule has 2 rings (SSSR count). The van der Waals surface area contributed by atoms with Gasteiger partial charge in [-0.3, -0.25) is 0 Å². The zero-order valence-corrected chi connectivity index (χ0v) is 13.7. The molecular formula is C15H21BFNO4. The molecule has 0 saturated carbocycles. The van der Waals surface area contributed by atoms with E-state index < -0.39 is 30.1 Å². The van der Waals surface area contributed by atoms with Gasteiger partial charge in [-0.1, -0.05) is 0 Å². The third kappa shape index (κ3) is 2.48. The van der Waals surface area contributed by atoms with Crippen molar-refractivity contribution in [2.45, 2.75) is 45.8 Å². The van der Waals surface area contributed by atoms with Gasteiger partial charge in [0.05, 0.1) is 24.0 Å². The van der Waals surface area contributed by atoms with E-state index in [9.17, 15) is 9.18 Å². The normalized spacial score (nSPS) is 19.3. The van der Waals surface area contributed by atoms with E-state index in [1.807, 2.05) is 27.7 Å². The maximum absolute atomic E-state index is 14.3. The fourth-order valence-electron chi connectivity index (χ4n) is 2.31. The van der Waals surface area contributed by atoms with E-state index in [-0.39, 0.29) is 11.3 Å². The highest BCUT2D eigenvalue weighted by Gasteiger charge is 2.52. The largest absolute Gasteiger partial charge is 0.495 e. The fraction of sp³-hybridized carbons (Fsp3) is 0.533. The second-order valence-corrected chi connectivity index (χ2v) is 6.44. The summed E-state index contributed by atoms with van der Waals surface area (Å²) in [5.41, 5.74) is 5.61. The van der Waals surface area contributed by atoms with Crippen molar-refractivity contribution in [1.82, 2.24) is 0 Å². The van der Waals surface area contributed by atoms with Gasteiger partial charge in [-0.15, -0.1) is 0 Å². The molecule has 1 fully saturated rings. The van der Waals surface area contributed by atoms with Gasteiger partial charge < -0.3 is 19.8 Å². The Morgan fingerprint density at radius 2 is 1.77 bits per heavy atom. The first-order valence-corrected chi connectivity index (χ1v) is 7.04. The van der Waals surface area contributed by atoms with Gasteiger partial charge >= 0.3 is 13.1 Å². The van der Waals surface area contributed by atoms with Gasteiger partial charge in [0, 0.05) is 0 Å². The van der Waals surface area contributed by atoms with Gasteiger partial charge in [0.15, 0.2) is 0 Å². The lowest BCUT2D eigenvalue weighted by Crippen LogP contribution is -2.41. The maximum Gasteiger partial charge on any atom is 0.495 e. The number of hydrogen-bond acceptors (Lipinski definition) is 5. The fourth-order valence-corrected chi connectivity index (χ4v) is 2.31. The molecule has 0 radical (unpaired) electrons. The number of anilines is 1. The van der Waals surface area contributed by atoms with Crippen LogP contribution in [0.3, 0.4) is 0 Å². The molecule has 0 amide bonds. The number of nitrogen functional groups attached to an aromatic ring is 1. The molecule has 0 aromatic heterocycles. The Morgan fingerprint density at radius 1 is 1.27 bits per heavy atom. The quantitative estimate of drug-likeness (QED) is 0.512. The predicted octanol–water partition coefficient (Wildman–Crippen LogP) is 1.80. The number of ether oxygens (including phenoxy) is 1. The third-order valence-electron chi connectivity index (χ3n) is 4.52. The first-order valence-electron chi connectivity index (χ1n) is 7.04. The van der Waals surface area contributed by atoms with Crippen molar-refractivity contribution in [2.24, 2.45) is 0 Å². The molecule has 1 aromatic rings. The average Bonchev–Trinajstić information content (AvgIpc) is 2.62. The van der Waals surface area contributed by atoms with Crippen LogP contribution < -0.4 is 11.2 Å². The van der Waals surface area contributed by atoms with Crippen molar-refractivity contribution < 1.29 is 23.2 Å². The zero-order chi connectivity index (χ0) is 16.9. The van der Waals surface area contributed by atoms with Crippen LogP contribution in [0.1, 0.15) is 43.6 Å². The third-order valence-corrected chi connectivity index (χ3v) is 4.52. The van der Waals surface area contributed by atoms with Gasteiger partial charge in [-0.2, -0.15) is 0 Å². The first-order chi connectivity index (χ1) is 10.0. The molecule has 1 aromatic carbocycles. The zero-order valence-electron chi connectivity index (χ0n) is 13.7. The minimum atomic E-state index is -0.807. The Hall–Kier alpha value is -1.60. The summed E-state index contributed by atoms with van der Waals surface area (Å²) in [5, 5.41) is 0. The summed E-state index contributed by atoms with van der Waals surface area (Å²) >= 11 is 0. The van der Waals surface area contributed by atoms with Crippen molar-refractivity contribution >= 4 is 24.2 Å². The van der Waals surface area contributed by atoms with E-state index in [1.165, 1.54) is 13.2 Å². The summed E-state index contributed by atoms with van der Waals surface area (Å²) in [5.74, 6) is -1.56. The van der Waals surface area contributed by atoms with Gasteiger partial charge in [0.1, 0.15) is 11.4 Å². The van der Waals surface area contributed by atoms with Gasteiger partial charge in [0.25, 0.3) is 0 Å². The molecule has 0 bridgehead atoms. The van der Waals surface area contributed by atoms with E-state index in [0.29, 0.717) is 11.0 Å². The van der Waals surface area contributed by atoms with Crippen LogP contribution in [0.2, 0.25) is 0 Å². The number of benzene rings is 1. The van der Waals surface area contributed by atoms with Crippen LogP contribution in [0, 0.1) is 12.7 Å². The Kier molecular flexibility index (Phi) is 4.00. The summed E-state index contributed by atoms with van der Waals surface area (Å²) in [6, 6.07) is 1.22. The van der Waals surface area contributed by atoms with Crippen molar-refractivity contribution in [1.29, 1.82) is 0 Å². The molecule has 22 heavy (non-hydrogen) atoms. The minimum Gasteiger partial charge on any atom is -0.465 e. The molecule has 1 aliphatic heterocycles. The van der Waals surface area contributed by atoms with E-state index >= 15 is 0 Å². The molecule has 5 nitrogen and oxygen atoms in total. The van der Waals surface area contributed by atoms with E-state index in [0.717, 1.165) is 0 Å². The van der Waals surface area contributed by atoms with Gasteiger partial charge in [-0.25, -0.2) is 9.18 Å². The standard InChI is InChI=1S/C15H21BFNO4/c1-8-9(16-21-14(2,3)15(4,5)22-16)7-10(17)11(12(8)18)13(19)20-6/h7H,18H2,1-6H3. The number of nitrogens with two attached hydrogens (primary N) is 1. The van der Waals surface area contributed by atoms with Crippen LogP contribution in [0.4, 0.5) is 10.1 Å². The number of esters is 1. The van der Waals surface area contributed by atoms with Crippen molar-refractivity contribution in [3.63, 3.8) is 0 Å². The summed E-state index contributed by atoms with van der Waals surface area (Å²) in [4.78, 5) is 11.6. The average molecular weight is 309 g/mol. The lowest BCUT2D eigenvalue weighted by atomic mass is 9.75. The predicted molar refractivity (Wildman–Crippen MR) is 82.6 cm³/mol. The van der Waals surface area contributed by atoms with Gasteiger partial charge in [0.2, 0.25) is 0 Å². The Bertz CT molecular complexity index is 614. The van der Waals surface area contributed by atoms with Gasteiger partial charge in [-0.05, 0) is 51.7 Å². The summed E-state index contributed by atoms with van der Waals surface area (Å²) < 4.78 is 30.7. The lowest BCUT2D eigenvalue weighted by Gasteiger charge is -2.32. The second kappa shape index (κ2) is 5.24. The minimum absolute atomic E-state index is 0.0385. The number of carbonyl (C=O) groups excluding carboxylic acids is 1. The van der Waals surface area contributed by atoms with E-state index in [1.54, 1.807) is 6.92 Å². The Morgan fingerprint density at radius 3 is 2.23 bits per heavy atom. The summed E-state index contributed by atoms with van der Waals surface area (Å²) in [6.45, 7) is 9.33. The molecule has 0 aliphatic carbocycles. The van der Waals surface area contributed by atoms with Crippen LogP contribution in [-0.2, 0) is 14.0 Å². The van der Waals surface area contributed by atoms with Crippen LogP contribution in [0.5, 0.6) is 0 Å². The number of rotatable bonds is 2. The Balaban J connectivity index is 2.50. The Labute approximate surface area is 130 Å². The summed E-state index contributed by atoms with van der Waals surface area (Å²) in [7, 11) is 0.437. The lowest BCUT2D eigenvalue weighted by molar-refractivity contribution is 0.00578. The van der Waals surface area contributed by atoms with Crippen LogP contribution in [-0.4, -0.2) is 31.4 Å². The smallest absolute Gasteiger partial charge is 0.465 e. The van der Waals surface area contributed by atoms with Crippen LogP contribution >= 0.6 is 0 Å². The van der Waals surface area contributed by atoms with Crippen LogP contribution in [0.15, 0.2) is 6.07 Å². The van der Waals surface area contributed by atoms with Crippen LogP contribution in [0.25, 0.3) is 0 Å². The number of carbonyl (C=O) groups is 1. The molecule has 1 heterocycles. The van der Waals surface area contributed by atoms with E-state index in [2.05, 4.69) is 4.74 Å². The molecule has 2 N–H and O–H groups in total. The van der Waals surface area contributed by atoms with E-state index in [4.69, 9.17) is 15.0 Å². The van der Waals surface area contributed by atoms with Crippen molar-refractivity contribution in [3.05, 3.63) is 23.0 Å². The van der Waals surface area contributed by atoms with Crippen molar-refractivity contribution in [2.75, 3.05) is 12.8 Å². The molecular weight excluding hydrogens is 288 g/mol. The maximum atomic E-state index is 14.3. The highest BCUT2D eigenvalue weighted by molar-refractivity contribution is 6.62. The molecule has 0 spiro atoms. The number of halogens is 1. The molecule has 120 valence electrons. The number of hydrogen-bond donors (Lipinski definition) is 1. The first kappa shape index (κ1) is 16.8. The highest BCUT2D eigenvalue weighted by atomic mass is 19.1. The molecule has 1 aliphatic rings. The topological polar surface area (TPSA) is 70.8 Å². The SMILES string of the molecule is COC(=O)c1c(F)cc(B2OC(C)(C)C(C)(C)O2)c(C)c1N. The second-order valence-electron chi connectivity index (χ2n) is 6.44. The molecule has 7 heteroatoms. The molecule has 0 atom stereocenters. The summed E-state index contributed by atoms with van der Waals surface area (Å²) in [6.07, 6.45) is 0. The monoisotopic (exact) mass is 309 g/mol. The molecule has 0 unspecified atom stereocenters. The highest BCUT2D eigenvalue weighted by Crippen LogP contribution is 2.37. The molecule has 1 saturated heterocycles.